The standard InChI is InChI=1S/C15H23BrN2O2S/c1-12(14-6-3-7-15(16)9-14)17-10-13-5-4-8-18(11-13)21(2,19)20/h3,6-7,9,12-13,17H,4-5,8,10-11H2,1-2H3/t12-,13?/m1/s1. The molecule has 1 N–H and O–H groups in total. The van der Waals surface area contributed by atoms with E-state index in [1.54, 1.807) is 4.31 Å². The Bertz CT molecular complexity index is 577. The van der Waals surface area contributed by atoms with Crippen LogP contribution in [0.15, 0.2) is 28.7 Å². The van der Waals surface area contributed by atoms with Gasteiger partial charge in [0.25, 0.3) is 0 Å². The number of rotatable bonds is 5. The summed E-state index contributed by atoms with van der Waals surface area (Å²) in [5.74, 6) is 0.392. The molecule has 1 aliphatic heterocycles. The summed E-state index contributed by atoms with van der Waals surface area (Å²) in [5, 5.41) is 3.53. The molecule has 0 aromatic heterocycles. The van der Waals surface area contributed by atoms with E-state index in [4.69, 9.17) is 0 Å². The van der Waals surface area contributed by atoms with Gasteiger partial charge in [-0.05, 0) is 49.9 Å². The predicted octanol–water partition coefficient (Wildman–Crippen LogP) is 2.77. The molecule has 0 radical (unpaired) electrons. The molecule has 0 amide bonds. The monoisotopic (exact) mass is 374 g/mol. The van der Waals surface area contributed by atoms with Gasteiger partial charge in [0.2, 0.25) is 10.0 Å². The van der Waals surface area contributed by atoms with Crippen LogP contribution < -0.4 is 5.32 Å². The minimum atomic E-state index is -3.06. The minimum Gasteiger partial charge on any atom is -0.310 e. The summed E-state index contributed by atoms with van der Waals surface area (Å²) in [5.41, 5.74) is 1.24. The molecule has 6 heteroatoms. The highest BCUT2D eigenvalue weighted by Gasteiger charge is 2.25. The molecule has 1 saturated heterocycles. The molecule has 0 bridgehead atoms. The fraction of sp³-hybridized carbons (Fsp3) is 0.600. The second-order valence-electron chi connectivity index (χ2n) is 5.81. The van der Waals surface area contributed by atoms with E-state index in [2.05, 4.69) is 40.3 Å². The predicted molar refractivity (Wildman–Crippen MR) is 89.7 cm³/mol. The highest BCUT2D eigenvalue weighted by Crippen LogP contribution is 2.21. The molecule has 2 rings (SSSR count). The Balaban J connectivity index is 1.88. The van der Waals surface area contributed by atoms with E-state index in [-0.39, 0.29) is 6.04 Å². The first-order chi connectivity index (χ1) is 9.86. The van der Waals surface area contributed by atoms with E-state index < -0.39 is 10.0 Å². The van der Waals surface area contributed by atoms with E-state index >= 15 is 0 Å². The van der Waals surface area contributed by atoms with E-state index in [1.807, 2.05) is 12.1 Å². The van der Waals surface area contributed by atoms with Crippen LogP contribution in [0.3, 0.4) is 0 Å². The maximum Gasteiger partial charge on any atom is 0.211 e. The third-order valence-electron chi connectivity index (χ3n) is 4.01. The van der Waals surface area contributed by atoms with Crippen molar-refractivity contribution in [2.75, 3.05) is 25.9 Å². The molecular formula is C15H23BrN2O2S. The zero-order valence-electron chi connectivity index (χ0n) is 12.5. The van der Waals surface area contributed by atoms with Crippen LogP contribution >= 0.6 is 15.9 Å². The van der Waals surface area contributed by atoms with E-state index in [9.17, 15) is 8.42 Å². The van der Waals surface area contributed by atoms with Gasteiger partial charge in [0.1, 0.15) is 0 Å². The van der Waals surface area contributed by atoms with Gasteiger partial charge in [-0.1, -0.05) is 28.1 Å². The molecule has 2 atom stereocenters. The molecule has 21 heavy (non-hydrogen) atoms. The quantitative estimate of drug-likeness (QED) is 0.861. The Kier molecular flexibility index (Phi) is 5.82. The lowest BCUT2D eigenvalue weighted by atomic mass is 9.99. The van der Waals surface area contributed by atoms with Crippen molar-refractivity contribution < 1.29 is 8.42 Å². The molecule has 1 unspecified atom stereocenters. The summed E-state index contributed by atoms with van der Waals surface area (Å²) in [4.78, 5) is 0. The largest absolute Gasteiger partial charge is 0.310 e. The molecule has 1 fully saturated rings. The van der Waals surface area contributed by atoms with Crippen LogP contribution in [0.2, 0.25) is 0 Å². The molecule has 0 aliphatic carbocycles. The SMILES string of the molecule is C[C@@H](NCC1CCCN(S(C)(=O)=O)C1)c1cccc(Br)c1. The van der Waals surface area contributed by atoms with E-state index in [0.29, 0.717) is 19.0 Å². The maximum atomic E-state index is 11.6. The average Bonchev–Trinajstić information content (AvgIpc) is 2.44. The smallest absolute Gasteiger partial charge is 0.211 e. The van der Waals surface area contributed by atoms with Crippen LogP contribution in [0.1, 0.15) is 31.4 Å². The maximum absolute atomic E-state index is 11.6. The molecule has 4 nitrogen and oxygen atoms in total. The van der Waals surface area contributed by atoms with Crippen molar-refractivity contribution in [3.8, 4) is 0 Å². The fourth-order valence-electron chi connectivity index (χ4n) is 2.73. The summed E-state index contributed by atoms with van der Waals surface area (Å²) < 4.78 is 25.9. The van der Waals surface area contributed by atoms with Crippen LogP contribution in [0.25, 0.3) is 0 Å². The van der Waals surface area contributed by atoms with Crippen molar-refractivity contribution in [3.05, 3.63) is 34.3 Å². The van der Waals surface area contributed by atoms with Crippen molar-refractivity contribution in [2.45, 2.75) is 25.8 Å². The molecule has 1 heterocycles. The fourth-order valence-corrected chi connectivity index (χ4v) is 4.09. The number of benzene rings is 1. The lowest BCUT2D eigenvalue weighted by molar-refractivity contribution is 0.257. The molecular weight excluding hydrogens is 352 g/mol. The van der Waals surface area contributed by atoms with Crippen LogP contribution in [0.5, 0.6) is 0 Å². The summed E-state index contributed by atoms with van der Waals surface area (Å²) in [7, 11) is -3.06. The molecule has 0 saturated carbocycles. The Morgan fingerprint density at radius 1 is 1.48 bits per heavy atom. The van der Waals surface area contributed by atoms with Crippen LogP contribution in [0.4, 0.5) is 0 Å². The molecule has 118 valence electrons. The van der Waals surface area contributed by atoms with Crippen molar-refractivity contribution >= 4 is 26.0 Å². The first-order valence-electron chi connectivity index (χ1n) is 7.30. The van der Waals surface area contributed by atoms with Gasteiger partial charge in [-0.25, -0.2) is 12.7 Å². The Hall–Kier alpha value is -0.430. The van der Waals surface area contributed by atoms with Crippen LogP contribution in [-0.4, -0.2) is 38.6 Å². The molecule has 1 aliphatic rings. The van der Waals surface area contributed by atoms with E-state index in [0.717, 1.165) is 23.9 Å². The van der Waals surface area contributed by atoms with Gasteiger partial charge < -0.3 is 5.32 Å². The van der Waals surface area contributed by atoms with Crippen molar-refractivity contribution in [1.82, 2.24) is 9.62 Å². The second kappa shape index (κ2) is 7.22. The number of hydrogen-bond acceptors (Lipinski definition) is 3. The first-order valence-corrected chi connectivity index (χ1v) is 9.94. The number of hydrogen-bond donors (Lipinski definition) is 1. The van der Waals surface area contributed by atoms with Gasteiger partial charge in [-0.15, -0.1) is 0 Å². The summed E-state index contributed by atoms with van der Waals surface area (Å²) in [6.07, 6.45) is 3.34. The lowest BCUT2D eigenvalue weighted by Gasteiger charge is -2.31. The molecule has 0 spiro atoms. The van der Waals surface area contributed by atoms with Crippen LogP contribution in [-0.2, 0) is 10.0 Å². The lowest BCUT2D eigenvalue weighted by Crippen LogP contribution is -2.42. The number of piperidine rings is 1. The number of nitrogens with zero attached hydrogens (tertiary/aromatic N) is 1. The third kappa shape index (κ3) is 5.06. The average molecular weight is 375 g/mol. The van der Waals surface area contributed by atoms with Gasteiger partial charge in [0.15, 0.2) is 0 Å². The second-order valence-corrected chi connectivity index (χ2v) is 8.71. The van der Waals surface area contributed by atoms with Crippen LogP contribution in [0, 0.1) is 5.92 Å². The highest BCUT2D eigenvalue weighted by atomic mass is 79.9. The van der Waals surface area contributed by atoms with E-state index in [1.165, 1.54) is 11.8 Å². The Morgan fingerprint density at radius 3 is 2.90 bits per heavy atom. The topological polar surface area (TPSA) is 49.4 Å². The summed E-state index contributed by atoms with van der Waals surface area (Å²) in [6.45, 7) is 4.28. The zero-order chi connectivity index (χ0) is 15.5. The highest BCUT2D eigenvalue weighted by molar-refractivity contribution is 9.10. The first kappa shape index (κ1) is 16.9. The van der Waals surface area contributed by atoms with Gasteiger partial charge in [0, 0.05) is 23.6 Å². The van der Waals surface area contributed by atoms with Crippen molar-refractivity contribution in [2.24, 2.45) is 5.92 Å². The summed E-state index contributed by atoms with van der Waals surface area (Å²) in [6, 6.07) is 8.52. The van der Waals surface area contributed by atoms with Gasteiger partial charge in [-0.3, -0.25) is 0 Å². The Morgan fingerprint density at radius 2 is 2.24 bits per heavy atom. The normalized spacial score (nSPS) is 22.1. The zero-order valence-corrected chi connectivity index (χ0v) is 15.0. The number of nitrogens with one attached hydrogen (secondary N) is 1. The van der Waals surface area contributed by atoms with Crippen molar-refractivity contribution in [1.29, 1.82) is 0 Å². The Labute approximate surface area is 136 Å². The van der Waals surface area contributed by atoms with Gasteiger partial charge in [0.05, 0.1) is 6.26 Å². The number of sulfonamides is 1. The summed E-state index contributed by atoms with van der Waals surface area (Å²) >= 11 is 3.49. The van der Waals surface area contributed by atoms with Gasteiger partial charge >= 0.3 is 0 Å². The third-order valence-corrected chi connectivity index (χ3v) is 5.78. The van der Waals surface area contributed by atoms with Crippen molar-refractivity contribution in [3.63, 3.8) is 0 Å². The molecule has 1 aromatic carbocycles. The van der Waals surface area contributed by atoms with Gasteiger partial charge in [-0.2, -0.15) is 0 Å². The molecule has 1 aromatic rings. The minimum absolute atomic E-state index is 0.260. The number of halogens is 1.